The summed E-state index contributed by atoms with van der Waals surface area (Å²) in [6, 6.07) is 4.14. The predicted molar refractivity (Wildman–Crippen MR) is 119 cm³/mol. The Hall–Kier alpha value is -1.07. The zero-order valence-corrected chi connectivity index (χ0v) is 19.3. The molecule has 1 rings (SSSR count). The molecule has 0 saturated carbocycles. The van der Waals surface area contributed by atoms with E-state index in [0.717, 1.165) is 41.9 Å². The maximum Gasteiger partial charge on any atom is 0.325 e. The number of benzene rings is 1. The molecule has 1 aromatic carbocycles. The van der Waals surface area contributed by atoms with Crippen molar-refractivity contribution in [2.75, 3.05) is 26.4 Å². The molecule has 6 nitrogen and oxygen atoms in total. The summed E-state index contributed by atoms with van der Waals surface area (Å²) in [7, 11) is -2.25. The Labute approximate surface area is 176 Å². The normalized spacial score (nSPS) is 11.6. The lowest BCUT2D eigenvalue weighted by Crippen LogP contribution is -2.16. The quantitative estimate of drug-likeness (QED) is 0.237. The van der Waals surface area contributed by atoms with E-state index in [1.54, 1.807) is 7.11 Å². The highest BCUT2D eigenvalue weighted by Crippen LogP contribution is 2.35. The van der Waals surface area contributed by atoms with E-state index in [9.17, 15) is 4.57 Å². The smallest absolute Gasteiger partial charge is 0.325 e. The van der Waals surface area contributed by atoms with Gasteiger partial charge in [0.15, 0.2) is 11.5 Å². The van der Waals surface area contributed by atoms with Gasteiger partial charge in [0, 0.05) is 6.54 Å². The van der Waals surface area contributed by atoms with Gasteiger partial charge in [-0.25, -0.2) is 0 Å². The van der Waals surface area contributed by atoms with Gasteiger partial charge in [-0.1, -0.05) is 58.4 Å². The van der Waals surface area contributed by atoms with Crippen molar-refractivity contribution in [3.63, 3.8) is 0 Å². The fraction of sp³-hybridized carbons (Fsp3) is 0.727. The molecule has 0 aromatic heterocycles. The highest BCUT2D eigenvalue weighted by atomic mass is 31.2. The molecule has 0 unspecified atom stereocenters. The lowest BCUT2D eigenvalue weighted by Gasteiger charge is -2.17. The molecule has 0 bridgehead atoms. The van der Waals surface area contributed by atoms with Gasteiger partial charge in [-0.3, -0.25) is 4.57 Å². The van der Waals surface area contributed by atoms with Crippen molar-refractivity contribution in [2.24, 2.45) is 0 Å². The third kappa shape index (κ3) is 11.6. The molecule has 0 aliphatic rings. The van der Waals surface area contributed by atoms with Crippen LogP contribution in [-0.2, 0) is 17.5 Å². The minimum absolute atomic E-state index is 0.0877. The largest absolute Gasteiger partial charge is 0.493 e. The van der Waals surface area contributed by atoms with Gasteiger partial charge >= 0.3 is 7.60 Å². The second kappa shape index (κ2) is 14.8. The van der Waals surface area contributed by atoms with Gasteiger partial charge in [-0.05, 0) is 43.0 Å². The van der Waals surface area contributed by atoms with Crippen LogP contribution in [0.5, 0.6) is 11.5 Å². The topological polar surface area (TPSA) is 88.0 Å². The summed E-state index contributed by atoms with van der Waals surface area (Å²) >= 11 is 0. The standard InChI is InChI=1S/C22H40NO5P/c1-4-6-7-8-9-10-14-28-22-20(12-5-2)16-19(17-21(22)27-3)18-23-13-11-15-29(24,25)26/h16-17,23H,4-15,18H2,1-3H3,(H2,24,25,26). The van der Waals surface area contributed by atoms with Crippen LogP contribution < -0.4 is 14.8 Å². The van der Waals surface area contributed by atoms with Gasteiger partial charge in [-0.2, -0.15) is 0 Å². The highest BCUT2D eigenvalue weighted by molar-refractivity contribution is 7.51. The Morgan fingerprint density at radius 1 is 1.00 bits per heavy atom. The summed E-state index contributed by atoms with van der Waals surface area (Å²) in [6.45, 7) is 6.28. The number of hydrogen-bond acceptors (Lipinski definition) is 4. The maximum absolute atomic E-state index is 10.9. The minimum atomic E-state index is -3.91. The SMILES string of the molecule is CCCCCCCCOc1c(CCC)cc(CNCCCP(=O)(O)O)cc1OC. The molecule has 0 aliphatic carbocycles. The highest BCUT2D eigenvalue weighted by Gasteiger charge is 2.14. The molecule has 3 N–H and O–H groups in total. The van der Waals surface area contributed by atoms with Crippen molar-refractivity contribution in [1.82, 2.24) is 5.32 Å². The van der Waals surface area contributed by atoms with Crippen LogP contribution in [0.4, 0.5) is 0 Å². The fourth-order valence-corrected chi connectivity index (χ4v) is 3.87. The number of unbranched alkanes of at least 4 members (excludes halogenated alkanes) is 5. The number of hydrogen-bond donors (Lipinski definition) is 3. The minimum Gasteiger partial charge on any atom is -0.493 e. The zero-order valence-electron chi connectivity index (χ0n) is 18.4. The molecular weight excluding hydrogens is 389 g/mol. The number of rotatable bonds is 17. The van der Waals surface area contributed by atoms with Crippen molar-refractivity contribution in [3.05, 3.63) is 23.3 Å². The Morgan fingerprint density at radius 3 is 2.38 bits per heavy atom. The zero-order chi connectivity index (χ0) is 21.5. The van der Waals surface area contributed by atoms with E-state index < -0.39 is 7.60 Å². The molecule has 0 spiro atoms. The molecule has 0 fully saturated rings. The van der Waals surface area contributed by atoms with E-state index >= 15 is 0 Å². The van der Waals surface area contributed by atoms with E-state index in [-0.39, 0.29) is 6.16 Å². The lowest BCUT2D eigenvalue weighted by molar-refractivity contribution is 0.281. The third-order valence-electron chi connectivity index (χ3n) is 4.81. The summed E-state index contributed by atoms with van der Waals surface area (Å²) in [5.41, 5.74) is 2.25. The first-order valence-electron chi connectivity index (χ1n) is 11.0. The van der Waals surface area contributed by atoms with Gasteiger partial charge < -0.3 is 24.6 Å². The van der Waals surface area contributed by atoms with E-state index in [1.807, 2.05) is 6.07 Å². The van der Waals surface area contributed by atoms with Gasteiger partial charge in [0.25, 0.3) is 0 Å². The number of nitrogens with one attached hydrogen (secondary N) is 1. The van der Waals surface area contributed by atoms with Crippen molar-refractivity contribution in [2.45, 2.75) is 78.2 Å². The average Bonchev–Trinajstić information content (AvgIpc) is 2.67. The molecule has 29 heavy (non-hydrogen) atoms. The summed E-state index contributed by atoms with van der Waals surface area (Å²) in [4.78, 5) is 17.8. The predicted octanol–water partition coefficient (Wildman–Crippen LogP) is 5.04. The van der Waals surface area contributed by atoms with Crippen LogP contribution in [-0.4, -0.2) is 36.2 Å². The Balaban J connectivity index is 2.61. The van der Waals surface area contributed by atoms with Gasteiger partial charge in [0.2, 0.25) is 0 Å². The fourth-order valence-electron chi connectivity index (χ4n) is 3.30. The molecule has 0 heterocycles. The first kappa shape index (κ1) is 26.0. The van der Waals surface area contributed by atoms with Crippen molar-refractivity contribution in [3.8, 4) is 11.5 Å². The lowest BCUT2D eigenvalue weighted by atomic mass is 10.0. The number of ether oxygens (including phenoxy) is 2. The molecule has 0 atom stereocenters. The Kier molecular flexibility index (Phi) is 13.3. The first-order valence-corrected chi connectivity index (χ1v) is 12.8. The molecule has 0 aliphatic heterocycles. The van der Waals surface area contributed by atoms with Gasteiger partial charge in [-0.15, -0.1) is 0 Å². The van der Waals surface area contributed by atoms with Gasteiger partial charge in [0.05, 0.1) is 19.9 Å². The second-order valence-electron chi connectivity index (χ2n) is 7.57. The number of methoxy groups -OCH3 is 1. The van der Waals surface area contributed by atoms with Crippen LogP contribution in [0, 0.1) is 0 Å². The van der Waals surface area contributed by atoms with Crippen LogP contribution >= 0.6 is 7.60 Å². The van der Waals surface area contributed by atoms with E-state index in [2.05, 4.69) is 25.2 Å². The Morgan fingerprint density at radius 2 is 1.72 bits per heavy atom. The molecule has 7 heteroatoms. The van der Waals surface area contributed by atoms with Crippen LogP contribution in [0.1, 0.15) is 76.3 Å². The van der Waals surface area contributed by atoms with Crippen LogP contribution in [0.3, 0.4) is 0 Å². The van der Waals surface area contributed by atoms with E-state index in [0.29, 0.717) is 26.1 Å². The number of aryl methyl sites for hydroxylation is 1. The van der Waals surface area contributed by atoms with Crippen LogP contribution in [0.25, 0.3) is 0 Å². The summed E-state index contributed by atoms with van der Waals surface area (Å²) < 4.78 is 22.6. The van der Waals surface area contributed by atoms with Crippen molar-refractivity contribution >= 4 is 7.60 Å². The third-order valence-corrected chi connectivity index (χ3v) is 5.71. The van der Waals surface area contributed by atoms with Crippen molar-refractivity contribution in [1.29, 1.82) is 0 Å². The second-order valence-corrected chi connectivity index (χ2v) is 9.35. The average molecular weight is 430 g/mol. The van der Waals surface area contributed by atoms with Crippen LogP contribution in [0.2, 0.25) is 0 Å². The van der Waals surface area contributed by atoms with E-state index in [4.69, 9.17) is 19.3 Å². The maximum atomic E-state index is 10.9. The first-order chi connectivity index (χ1) is 13.9. The van der Waals surface area contributed by atoms with Crippen molar-refractivity contribution < 1.29 is 23.8 Å². The molecule has 1 aromatic rings. The summed E-state index contributed by atoms with van der Waals surface area (Å²) in [5.74, 6) is 1.61. The summed E-state index contributed by atoms with van der Waals surface area (Å²) in [6.07, 6.45) is 9.70. The monoisotopic (exact) mass is 429 g/mol. The molecular formula is C22H40NO5P. The molecule has 0 saturated heterocycles. The molecule has 0 radical (unpaired) electrons. The molecule has 168 valence electrons. The van der Waals surface area contributed by atoms with Gasteiger partial charge in [0.1, 0.15) is 0 Å². The summed E-state index contributed by atoms with van der Waals surface area (Å²) in [5, 5.41) is 3.25. The Bertz CT molecular complexity index is 617. The molecule has 0 amide bonds. The van der Waals surface area contributed by atoms with E-state index in [1.165, 1.54) is 32.1 Å². The van der Waals surface area contributed by atoms with Crippen LogP contribution in [0.15, 0.2) is 12.1 Å².